The molecule has 1 aliphatic carbocycles. The first-order valence-electron chi connectivity index (χ1n) is 8.79. The number of nitrogens with one attached hydrogen (secondary N) is 1. The number of carbonyl (C=O) groups excluding carboxylic acids is 2. The Kier molecular flexibility index (Phi) is 5.38. The molecule has 0 spiro atoms. The molecular weight excluding hydrogens is 306 g/mol. The lowest BCUT2D eigenvalue weighted by molar-refractivity contribution is -0.174. The number of carbonyl (C=O) groups is 2. The summed E-state index contributed by atoms with van der Waals surface area (Å²) in [5.74, 6) is 0.762. The maximum absolute atomic E-state index is 11.7. The number of alkyl carbamates (subject to hydrolysis) is 1. The van der Waals surface area contributed by atoms with E-state index in [9.17, 15) is 9.59 Å². The summed E-state index contributed by atoms with van der Waals surface area (Å²) in [6.07, 6.45) is 4.89. The summed E-state index contributed by atoms with van der Waals surface area (Å²) in [4.78, 5) is 22.9. The molecule has 1 aromatic rings. The molecule has 2 atom stereocenters. The fourth-order valence-electron chi connectivity index (χ4n) is 3.53. The van der Waals surface area contributed by atoms with Crippen LogP contribution in [0.3, 0.4) is 0 Å². The van der Waals surface area contributed by atoms with Crippen molar-refractivity contribution < 1.29 is 19.1 Å². The number of cyclic esters (lactones) is 1. The van der Waals surface area contributed by atoms with Crippen molar-refractivity contribution in [1.82, 2.24) is 5.32 Å². The van der Waals surface area contributed by atoms with E-state index in [1.807, 2.05) is 6.07 Å². The summed E-state index contributed by atoms with van der Waals surface area (Å²) in [5.41, 5.74) is 1.40. The van der Waals surface area contributed by atoms with E-state index >= 15 is 0 Å². The third-order valence-electron chi connectivity index (χ3n) is 5.08. The minimum absolute atomic E-state index is 0.265. The molecule has 2 fully saturated rings. The van der Waals surface area contributed by atoms with Crippen LogP contribution in [0.1, 0.15) is 38.2 Å². The van der Waals surface area contributed by atoms with Crippen LogP contribution in [0.15, 0.2) is 30.3 Å². The minimum Gasteiger partial charge on any atom is -0.458 e. The van der Waals surface area contributed by atoms with Gasteiger partial charge < -0.3 is 14.8 Å². The fourth-order valence-corrected chi connectivity index (χ4v) is 3.53. The van der Waals surface area contributed by atoms with Gasteiger partial charge in [0, 0.05) is 0 Å². The molecule has 1 heterocycles. The lowest BCUT2D eigenvalue weighted by Crippen LogP contribution is -2.58. The molecule has 130 valence electrons. The summed E-state index contributed by atoms with van der Waals surface area (Å²) >= 11 is 0. The lowest BCUT2D eigenvalue weighted by Gasteiger charge is -2.32. The maximum Gasteiger partial charge on any atom is 0.407 e. The monoisotopic (exact) mass is 331 g/mol. The Morgan fingerprint density at radius 3 is 2.46 bits per heavy atom. The van der Waals surface area contributed by atoms with Crippen LogP contribution >= 0.6 is 0 Å². The number of rotatable bonds is 5. The minimum atomic E-state index is -0.556. The van der Waals surface area contributed by atoms with E-state index in [0.717, 1.165) is 25.2 Å². The highest BCUT2D eigenvalue weighted by molar-refractivity contribution is 5.86. The highest BCUT2D eigenvalue weighted by Gasteiger charge is 2.40. The van der Waals surface area contributed by atoms with Crippen LogP contribution < -0.4 is 5.32 Å². The molecular formula is C19H25NO4. The summed E-state index contributed by atoms with van der Waals surface area (Å²) in [6.45, 7) is 2.18. The van der Waals surface area contributed by atoms with Crippen LogP contribution in [0.2, 0.25) is 0 Å². The Hall–Kier alpha value is -2.04. The zero-order valence-electron chi connectivity index (χ0n) is 14.1. The maximum atomic E-state index is 11.7. The number of hydrogen-bond donors (Lipinski definition) is 1. The van der Waals surface area contributed by atoms with E-state index in [1.165, 1.54) is 18.4 Å². The molecule has 2 aliphatic rings. The Labute approximate surface area is 142 Å². The molecule has 0 aromatic heterocycles. The highest BCUT2D eigenvalue weighted by Crippen LogP contribution is 2.31. The molecule has 5 heteroatoms. The third kappa shape index (κ3) is 4.28. The quantitative estimate of drug-likeness (QED) is 0.842. The zero-order chi connectivity index (χ0) is 16.9. The number of ether oxygens (including phenoxy) is 2. The normalized spacial score (nSPS) is 29.3. The topological polar surface area (TPSA) is 64.6 Å². The molecule has 0 bridgehead atoms. The Morgan fingerprint density at radius 1 is 1.17 bits per heavy atom. The Morgan fingerprint density at radius 2 is 1.83 bits per heavy atom. The second kappa shape index (κ2) is 7.69. The largest absolute Gasteiger partial charge is 0.458 e. The van der Waals surface area contributed by atoms with Crippen molar-refractivity contribution >= 4 is 12.1 Å². The summed E-state index contributed by atoms with van der Waals surface area (Å²) in [6, 6.07) is 10.0. The fraction of sp³-hybridized carbons (Fsp3) is 0.579. The van der Waals surface area contributed by atoms with Crippen molar-refractivity contribution in [3.63, 3.8) is 0 Å². The lowest BCUT2D eigenvalue weighted by atomic mass is 9.79. The molecule has 1 saturated carbocycles. The number of hydrogen-bond acceptors (Lipinski definition) is 4. The number of esters is 1. The third-order valence-corrected chi connectivity index (χ3v) is 5.08. The van der Waals surface area contributed by atoms with Gasteiger partial charge in [-0.15, -0.1) is 0 Å². The van der Waals surface area contributed by atoms with E-state index in [0.29, 0.717) is 12.5 Å². The van der Waals surface area contributed by atoms with E-state index in [2.05, 4.69) is 29.6 Å². The van der Waals surface area contributed by atoms with Gasteiger partial charge in [-0.05, 0) is 56.4 Å². The predicted octanol–water partition coefficient (Wildman–Crippen LogP) is 3.08. The average molecular weight is 331 g/mol. The van der Waals surface area contributed by atoms with Crippen molar-refractivity contribution in [3.05, 3.63) is 35.9 Å². The van der Waals surface area contributed by atoms with Gasteiger partial charge in [-0.1, -0.05) is 30.3 Å². The molecule has 1 N–H and O–H groups in total. The summed E-state index contributed by atoms with van der Waals surface area (Å²) in [7, 11) is 0. The van der Waals surface area contributed by atoms with Gasteiger partial charge in [-0.25, -0.2) is 9.59 Å². The molecule has 5 nitrogen and oxygen atoms in total. The van der Waals surface area contributed by atoms with Crippen molar-refractivity contribution in [2.24, 2.45) is 11.8 Å². The molecule has 3 rings (SSSR count). The van der Waals surface area contributed by atoms with Crippen LogP contribution in [0, 0.1) is 11.8 Å². The highest BCUT2D eigenvalue weighted by atomic mass is 16.6. The molecule has 0 unspecified atom stereocenters. The second-order valence-corrected chi connectivity index (χ2v) is 6.94. The van der Waals surface area contributed by atoms with Gasteiger partial charge in [0.25, 0.3) is 0 Å². The van der Waals surface area contributed by atoms with E-state index in [1.54, 1.807) is 6.92 Å². The van der Waals surface area contributed by atoms with Gasteiger partial charge in [0.05, 0.1) is 6.61 Å². The molecule has 0 radical (unpaired) electrons. The van der Waals surface area contributed by atoms with Crippen molar-refractivity contribution in [1.29, 1.82) is 0 Å². The van der Waals surface area contributed by atoms with E-state index in [4.69, 9.17) is 9.47 Å². The summed E-state index contributed by atoms with van der Waals surface area (Å²) < 4.78 is 10.1. The molecule has 1 amide bonds. The molecule has 24 heavy (non-hydrogen) atoms. The van der Waals surface area contributed by atoms with Crippen molar-refractivity contribution in [2.45, 2.75) is 51.2 Å². The van der Waals surface area contributed by atoms with Gasteiger partial charge in [-0.2, -0.15) is 0 Å². The first-order valence-corrected chi connectivity index (χ1v) is 8.79. The van der Waals surface area contributed by atoms with Gasteiger partial charge in [0.1, 0.15) is 6.10 Å². The van der Waals surface area contributed by atoms with Gasteiger partial charge in [0.2, 0.25) is 0 Å². The first-order chi connectivity index (χ1) is 11.6. The first kappa shape index (κ1) is 16.8. The van der Waals surface area contributed by atoms with Gasteiger partial charge in [-0.3, -0.25) is 0 Å². The van der Waals surface area contributed by atoms with Crippen LogP contribution in [0.25, 0.3) is 0 Å². The van der Waals surface area contributed by atoms with Crippen LogP contribution in [0.4, 0.5) is 4.79 Å². The smallest absolute Gasteiger partial charge is 0.407 e. The molecule has 1 saturated heterocycles. The van der Waals surface area contributed by atoms with E-state index in [-0.39, 0.29) is 12.1 Å². The van der Waals surface area contributed by atoms with Crippen LogP contribution in [0.5, 0.6) is 0 Å². The van der Waals surface area contributed by atoms with Crippen LogP contribution in [-0.2, 0) is 20.7 Å². The van der Waals surface area contributed by atoms with Crippen molar-refractivity contribution in [2.75, 3.05) is 6.61 Å². The SMILES string of the molecule is C[C@@H]1OC(=O)[C@@H]1NC(=O)OCC1CCC(Cc2ccccc2)CC1. The Balaban J connectivity index is 1.33. The van der Waals surface area contributed by atoms with Crippen molar-refractivity contribution in [3.8, 4) is 0 Å². The van der Waals surface area contributed by atoms with E-state index < -0.39 is 12.1 Å². The van der Waals surface area contributed by atoms with Crippen LogP contribution in [-0.4, -0.2) is 30.8 Å². The number of benzene rings is 1. The Bertz CT molecular complexity index is 566. The standard InChI is InChI=1S/C19H25NO4/c1-13-17(18(21)24-13)20-19(22)23-12-16-9-7-15(8-10-16)11-14-5-3-2-4-6-14/h2-6,13,15-17H,7-12H2,1H3,(H,20,22)/t13-,15?,16?,17+/m0/s1. The van der Waals surface area contributed by atoms with Gasteiger partial charge in [0.15, 0.2) is 6.04 Å². The second-order valence-electron chi connectivity index (χ2n) is 6.94. The van der Waals surface area contributed by atoms with Gasteiger partial charge >= 0.3 is 12.1 Å². The molecule has 1 aromatic carbocycles. The zero-order valence-corrected chi connectivity index (χ0v) is 14.1. The summed E-state index contributed by atoms with van der Waals surface area (Å²) in [5, 5.41) is 2.56. The predicted molar refractivity (Wildman–Crippen MR) is 89.4 cm³/mol. The molecule has 1 aliphatic heterocycles. The average Bonchev–Trinajstić information content (AvgIpc) is 2.60. The number of amides is 1.